The maximum Gasteiger partial charge on any atom is 0.472 e. The van der Waals surface area contributed by atoms with Crippen molar-refractivity contribution in [2.24, 2.45) is 17.8 Å². The molecule has 5 atom stereocenters. The van der Waals surface area contributed by atoms with Gasteiger partial charge in [-0.1, -0.05) is 376 Å². The van der Waals surface area contributed by atoms with Crippen LogP contribution in [0, 0.1) is 17.8 Å². The highest BCUT2D eigenvalue weighted by Gasteiger charge is 2.30. The number of hydrogen-bond donors (Lipinski definition) is 3. The van der Waals surface area contributed by atoms with E-state index in [4.69, 9.17) is 37.0 Å². The third-order valence-corrected chi connectivity index (χ3v) is 21.0. The van der Waals surface area contributed by atoms with Crippen molar-refractivity contribution in [3.8, 4) is 0 Å². The molecular weight excluding hydrogens is 1320 g/mol. The van der Waals surface area contributed by atoms with Crippen LogP contribution in [0.5, 0.6) is 0 Å². The van der Waals surface area contributed by atoms with Crippen LogP contribution >= 0.6 is 15.6 Å². The Labute approximate surface area is 619 Å². The first-order valence-electron chi connectivity index (χ1n) is 42.3. The molecule has 19 heteroatoms. The summed E-state index contributed by atoms with van der Waals surface area (Å²) < 4.78 is 68.7. The maximum atomic E-state index is 13.1. The molecule has 101 heavy (non-hydrogen) atoms. The number of phosphoric ester groups is 2. The molecule has 0 heterocycles. The zero-order chi connectivity index (χ0) is 74.4. The molecule has 0 saturated heterocycles. The largest absolute Gasteiger partial charge is 0.472 e. The maximum absolute atomic E-state index is 13.1. The van der Waals surface area contributed by atoms with Crippen molar-refractivity contribution in [2.45, 2.75) is 446 Å². The zero-order valence-electron chi connectivity index (χ0n) is 66.4. The standard InChI is InChI=1S/C82H160O17P2/c1-8-9-10-11-12-13-14-15-16-17-18-19-20-21-22-23-26-32-37-42-51-58-65-81(86)98-77(69-92-79(84)63-56-49-41-36-31-27-24-25-29-34-39-46-53-60-73(2)3)71-96-100(88,89)94-67-76(83)68-95-101(90,91)97-72-78(70-93-80(85)64-57-50-45-44-48-55-62-75(6)7)99-82(87)66-59-52-43-38-33-28-30-35-40-47-54-61-74(4)5/h73-78,83H,8-72H2,1-7H3,(H,88,89)(H,90,91)/t76-,77-,78-/m1/s1. The first-order valence-corrected chi connectivity index (χ1v) is 45.3. The monoisotopic (exact) mass is 1480 g/mol. The van der Waals surface area contributed by atoms with Gasteiger partial charge in [0, 0.05) is 25.7 Å². The number of carbonyl (C=O) groups excluding carboxylic acids is 4. The van der Waals surface area contributed by atoms with Crippen LogP contribution < -0.4 is 0 Å². The minimum Gasteiger partial charge on any atom is -0.462 e. The lowest BCUT2D eigenvalue weighted by atomic mass is 10.0. The van der Waals surface area contributed by atoms with Crippen molar-refractivity contribution in [3.05, 3.63) is 0 Å². The highest BCUT2D eigenvalue weighted by molar-refractivity contribution is 7.47. The van der Waals surface area contributed by atoms with Gasteiger partial charge in [0.05, 0.1) is 26.4 Å². The van der Waals surface area contributed by atoms with Gasteiger partial charge in [-0.2, -0.15) is 0 Å². The Morgan fingerprint density at radius 3 is 0.673 bits per heavy atom. The smallest absolute Gasteiger partial charge is 0.462 e. The number of rotatable bonds is 80. The molecule has 600 valence electrons. The zero-order valence-corrected chi connectivity index (χ0v) is 68.2. The summed E-state index contributed by atoms with van der Waals surface area (Å²) in [6.45, 7) is 11.9. The molecule has 0 aromatic rings. The minimum absolute atomic E-state index is 0.105. The van der Waals surface area contributed by atoms with Crippen LogP contribution in [-0.2, 0) is 65.4 Å². The number of ether oxygens (including phenoxy) is 4. The van der Waals surface area contributed by atoms with Crippen LogP contribution in [0.15, 0.2) is 0 Å². The fourth-order valence-electron chi connectivity index (χ4n) is 12.7. The first kappa shape index (κ1) is 99.1. The number of esters is 4. The number of hydrogen-bond acceptors (Lipinski definition) is 15. The van der Waals surface area contributed by atoms with E-state index < -0.39 is 97.5 Å². The molecule has 0 aliphatic carbocycles. The quantitative estimate of drug-likeness (QED) is 0.0222. The lowest BCUT2D eigenvalue weighted by Crippen LogP contribution is -2.30. The van der Waals surface area contributed by atoms with E-state index in [0.29, 0.717) is 31.6 Å². The number of aliphatic hydroxyl groups excluding tert-OH is 1. The van der Waals surface area contributed by atoms with Crippen LogP contribution in [0.4, 0.5) is 0 Å². The Kier molecular flexibility index (Phi) is 70.9. The highest BCUT2D eigenvalue weighted by atomic mass is 31.2. The van der Waals surface area contributed by atoms with Crippen LogP contribution in [0.25, 0.3) is 0 Å². The fourth-order valence-corrected chi connectivity index (χ4v) is 14.2. The van der Waals surface area contributed by atoms with Gasteiger partial charge in [-0.3, -0.25) is 37.3 Å². The molecule has 0 aromatic heterocycles. The summed E-state index contributed by atoms with van der Waals surface area (Å²) in [5.41, 5.74) is 0. The molecular formula is C82H160O17P2. The van der Waals surface area contributed by atoms with Gasteiger partial charge < -0.3 is 33.8 Å². The Morgan fingerprint density at radius 2 is 0.455 bits per heavy atom. The molecule has 0 aliphatic heterocycles. The molecule has 2 unspecified atom stereocenters. The molecule has 0 spiro atoms. The van der Waals surface area contributed by atoms with E-state index in [1.54, 1.807) is 0 Å². The van der Waals surface area contributed by atoms with Crippen LogP contribution in [0.2, 0.25) is 0 Å². The van der Waals surface area contributed by atoms with Crippen LogP contribution in [-0.4, -0.2) is 96.7 Å². The van der Waals surface area contributed by atoms with Crippen molar-refractivity contribution in [1.29, 1.82) is 0 Å². The van der Waals surface area contributed by atoms with Crippen LogP contribution in [0.3, 0.4) is 0 Å². The molecule has 0 radical (unpaired) electrons. The van der Waals surface area contributed by atoms with Crippen molar-refractivity contribution in [2.75, 3.05) is 39.6 Å². The highest BCUT2D eigenvalue weighted by Crippen LogP contribution is 2.45. The van der Waals surface area contributed by atoms with Gasteiger partial charge in [-0.25, -0.2) is 9.13 Å². The Hall–Kier alpha value is -1.94. The van der Waals surface area contributed by atoms with Gasteiger partial charge in [0.25, 0.3) is 0 Å². The van der Waals surface area contributed by atoms with E-state index >= 15 is 0 Å². The third kappa shape index (κ3) is 76.1. The van der Waals surface area contributed by atoms with Crippen molar-refractivity contribution in [1.82, 2.24) is 0 Å². The van der Waals surface area contributed by atoms with Crippen molar-refractivity contribution >= 4 is 39.5 Å². The number of carbonyl (C=O) groups is 4. The molecule has 0 rings (SSSR count). The molecule has 0 amide bonds. The summed E-state index contributed by atoms with van der Waals surface area (Å²) in [5.74, 6) is 0.122. The Morgan fingerprint density at radius 1 is 0.267 bits per heavy atom. The van der Waals surface area contributed by atoms with Crippen LogP contribution in [0.1, 0.15) is 427 Å². The molecule has 0 aliphatic rings. The van der Waals surface area contributed by atoms with Gasteiger partial charge in [0.15, 0.2) is 12.2 Å². The summed E-state index contributed by atoms with van der Waals surface area (Å²) in [5, 5.41) is 10.6. The normalized spacial score (nSPS) is 14.0. The summed E-state index contributed by atoms with van der Waals surface area (Å²) >= 11 is 0. The summed E-state index contributed by atoms with van der Waals surface area (Å²) in [4.78, 5) is 73.0. The summed E-state index contributed by atoms with van der Waals surface area (Å²) in [6.07, 6.45) is 61.4. The third-order valence-electron chi connectivity index (χ3n) is 19.1. The van der Waals surface area contributed by atoms with E-state index in [2.05, 4.69) is 48.5 Å². The fraction of sp³-hybridized carbons (Fsp3) is 0.951. The van der Waals surface area contributed by atoms with E-state index in [9.17, 15) is 43.2 Å². The van der Waals surface area contributed by atoms with Gasteiger partial charge in [-0.05, 0) is 43.4 Å². The SMILES string of the molecule is CCCCCCCCCCCCCCCCCCCCCCCCC(=O)O[C@H](COC(=O)CCCCCCCCCCCCCCCC(C)C)COP(=O)(O)OC[C@@H](O)COP(=O)(O)OC[C@@H](COC(=O)CCCCCCCCC(C)C)OC(=O)CCCCCCCCCCCCCC(C)C. The van der Waals surface area contributed by atoms with E-state index in [-0.39, 0.29) is 25.7 Å². The second-order valence-corrected chi connectivity index (χ2v) is 33.8. The molecule has 0 fully saturated rings. The molecule has 3 N–H and O–H groups in total. The topological polar surface area (TPSA) is 237 Å². The second-order valence-electron chi connectivity index (χ2n) is 30.9. The molecule has 0 saturated carbocycles. The average molecular weight is 1480 g/mol. The van der Waals surface area contributed by atoms with E-state index in [0.717, 1.165) is 108 Å². The van der Waals surface area contributed by atoms with Gasteiger partial charge in [-0.15, -0.1) is 0 Å². The second kappa shape index (κ2) is 72.3. The van der Waals surface area contributed by atoms with E-state index in [1.807, 2.05) is 0 Å². The lowest BCUT2D eigenvalue weighted by Gasteiger charge is -2.21. The van der Waals surface area contributed by atoms with Gasteiger partial charge in [0.2, 0.25) is 0 Å². The van der Waals surface area contributed by atoms with E-state index in [1.165, 1.54) is 231 Å². The molecule has 0 aromatic carbocycles. The predicted octanol–water partition coefficient (Wildman–Crippen LogP) is 24.5. The predicted molar refractivity (Wildman–Crippen MR) is 414 cm³/mol. The number of phosphoric acid groups is 2. The first-order chi connectivity index (χ1) is 48.7. The minimum atomic E-state index is -4.96. The Bertz CT molecular complexity index is 1960. The van der Waals surface area contributed by atoms with Gasteiger partial charge >= 0.3 is 39.5 Å². The molecule has 0 bridgehead atoms. The summed E-state index contributed by atoms with van der Waals surface area (Å²) in [6, 6.07) is 0. The average Bonchev–Trinajstić information content (AvgIpc) is 0.936. The number of unbranched alkanes of at least 4 members (excludes halogenated alkanes) is 48. The lowest BCUT2D eigenvalue weighted by molar-refractivity contribution is -0.161. The van der Waals surface area contributed by atoms with Crippen molar-refractivity contribution in [3.63, 3.8) is 0 Å². The Balaban J connectivity index is 5.20. The summed E-state index contributed by atoms with van der Waals surface area (Å²) in [7, 11) is -9.92. The molecule has 17 nitrogen and oxygen atoms in total. The number of aliphatic hydroxyl groups is 1. The van der Waals surface area contributed by atoms with Crippen molar-refractivity contribution < 1.29 is 80.2 Å². The van der Waals surface area contributed by atoms with Gasteiger partial charge in [0.1, 0.15) is 19.3 Å².